The number of ether oxygens (including phenoxy) is 1. The Balaban J connectivity index is 1.60. The van der Waals surface area contributed by atoms with Crippen molar-refractivity contribution < 1.29 is 14.3 Å². The van der Waals surface area contributed by atoms with E-state index in [1.54, 1.807) is 12.1 Å². The summed E-state index contributed by atoms with van der Waals surface area (Å²) in [4.78, 5) is 22.8. The van der Waals surface area contributed by atoms with Gasteiger partial charge in [0, 0.05) is 25.1 Å². The van der Waals surface area contributed by atoms with Gasteiger partial charge in [0.15, 0.2) is 0 Å². The minimum atomic E-state index is -0.119. The maximum atomic E-state index is 11.8. The van der Waals surface area contributed by atoms with Gasteiger partial charge in [-0.1, -0.05) is 6.07 Å². The zero-order valence-electron chi connectivity index (χ0n) is 13.6. The van der Waals surface area contributed by atoms with E-state index >= 15 is 0 Å². The summed E-state index contributed by atoms with van der Waals surface area (Å²) in [6.45, 7) is 4.44. The fourth-order valence-corrected chi connectivity index (χ4v) is 2.61. The molecular formula is C17H25N3O3. The topological polar surface area (TPSA) is 79.5 Å². The predicted molar refractivity (Wildman–Crippen MR) is 89.5 cm³/mol. The minimum absolute atomic E-state index is 0.0764. The second-order valence-electron chi connectivity index (χ2n) is 5.80. The van der Waals surface area contributed by atoms with Crippen LogP contribution >= 0.6 is 0 Å². The first-order chi connectivity index (χ1) is 11.1. The Kier molecular flexibility index (Phi) is 6.87. The number of hydrogen-bond donors (Lipinski definition) is 3. The first kappa shape index (κ1) is 17.3. The van der Waals surface area contributed by atoms with E-state index in [-0.39, 0.29) is 11.8 Å². The Morgan fingerprint density at radius 2 is 2.26 bits per heavy atom. The molecule has 126 valence electrons. The van der Waals surface area contributed by atoms with Crippen LogP contribution in [0.2, 0.25) is 0 Å². The van der Waals surface area contributed by atoms with E-state index in [2.05, 4.69) is 16.0 Å². The Labute approximate surface area is 137 Å². The number of carbonyl (C=O) groups excluding carboxylic acids is 2. The number of nitrogens with one attached hydrogen (secondary N) is 3. The highest BCUT2D eigenvalue weighted by molar-refractivity contribution is 5.88. The standard InChI is InChI=1S/C17H25N3O3/c1-13(21)20-15-3-2-4-16(11-15)23-10-9-19-17(22)6-5-14-7-8-18-12-14/h2-4,11,14,18H,5-10,12H2,1H3,(H,19,22)(H,20,21). The van der Waals surface area contributed by atoms with Crippen molar-refractivity contribution in [2.45, 2.75) is 26.2 Å². The average molecular weight is 319 g/mol. The smallest absolute Gasteiger partial charge is 0.221 e. The third-order valence-corrected chi connectivity index (χ3v) is 3.79. The summed E-state index contributed by atoms with van der Waals surface area (Å²) in [6, 6.07) is 7.19. The molecule has 0 spiro atoms. The molecule has 1 aliphatic heterocycles. The lowest BCUT2D eigenvalue weighted by Crippen LogP contribution is -2.28. The van der Waals surface area contributed by atoms with Crippen molar-refractivity contribution in [2.24, 2.45) is 5.92 Å². The first-order valence-electron chi connectivity index (χ1n) is 8.11. The average Bonchev–Trinajstić information content (AvgIpc) is 3.03. The molecule has 1 atom stereocenters. The summed E-state index contributed by atoms with van der Waals surface area (Å²) in [5.41, 5.74) is 0.698. The lowest BCUT2D eigenvalue weighted by molar-refractivity contribution is -0.121. The Hall–Kier alpha value is -2.08. The van der Waals surface area contributed by atoms with Crippen molar-refractivity contribution in [1.29, 1.82) is 0 Å². The second-order valence-corrected chi connectivity index (χ2v) is 5.80. The molecule has 1 saturated heterocycles. The molecule has 1 fully saturated rings. The minimum Gasteiger partial charge on any atom is -0.492 e. The highest BCUT2D eigenvalue weighted by Crippen LogP contribution is 2.17. The summed E-state index contributed by atoms with van der Waals surface area (Å²) in [6.07, 6.45) is 2.68. The monoisotopic (exact) mass is 319 g/mol. The van der Waals surface area contributed by atoms with Crippen LogP contribution in [-0.4, -0.2) is 38.1 Å². The Bertz CT molecular complexity index is 528. The molecule has 0 aliphatic carbocycles. The van der Waals surface area contributed by atoms with Crippen molar-refractivity contribution in [3.63, 3.8) is 0 Å². The molecule has 2 amide bonds. The summed E-state index contributed by atoms with van der Waals surface area (Å²) in [7, 11) is 0. The van der Waals surface area contributed by atoms with Gasteiger partial charge in [-0.15, -0.1) is 0 Å². The summed E-state index contributed by atoms with van der Waals surface area (Å²) >= 11 is 0. The molecule has 6 heteroatoms. The van der Waals surface area contributed by atoms with E-state index in [9.17, 15) is 9.59 Å². The largest absolute Gasteiger partial charge is 0.492 e. The van der Waals surface area contributed by atoms with Gasteiger partial charge in [0.25, 0.3) is 0 Å². The zero-order valence-corrected chi connectivity index (χ0v) is 13.6. The van der Waals surface area contributed by atoms with Crippen molar-refractivity contribution in [3.05, 3.63) is 24.3 Å². The number of benzene rings is 1. The van der Waals surface area contributed by atoms with Crippen molar-refractivity contribution in [3.8, 4) is 5.75 Å². The Morgan fingerprint density at radius 1 is 1.39 bits per heavy atom. The molecule has 23 heavy (non-hydrogen) atoms. The van der Waals surface area contributed by atoms with E-state index in [0.29, 0.717) is 36.9 Å². The summed E-state index contributed by atoms with van der Waals surface area (Å²) in [5, 5.41) is 8.88. The van der Waals surface area contributed by atoms with E-state index in [1.165, 1.54) is 13.3 Å². The quantitative estimate of drug-likeness (QED) is 0.635. The van der Waals surface area contributed by atoms with Gasteiger partial charge in [-0.25, -0.2) is 0 Å². The SMILES string of the molecule is CC(=O)Nc1cccc(OCCNC(=O)CCC2CCNC2)c1. The predicted octanol–water partition coefficient (Wildman–Crippen LogP) is 1.53. The highest BCUT2D eigenvalue weighted by atomic mass is 16.5. The number of hydrogen-bond acceptors (Lipinski definition) is 4. The second kappa shape index (κ2) is 9.15. The van der Waals surface area contributed by atoms with Crippen LogP contribution in [0.4, 0.5) is 5.69 Å². The number of rotatable bonds is 8. The van der Waals surface area contributed by atoms with Crippen LogP contribution in [0, 0.1) is 5.92 Å². The van der Waals surface area contributed by atoms with Gasteiger partial charge in [-0.2, -0.15) is 0 Å². The van der Waals surface area contributed by atoms with Gasteiger partial charge < -0.3 is 20.7 Å². The molecule has 0 bridgehead atoms. The van der Waals surface area contributed by atoms with Crippen LogP contribution in [-0.2, 0) is 9.59 Å². The van der Waals surface area contributed by atoms with Crippen LogP contribution in [0.3, 0.4) is 0 Å². The normalized spacial score (nSPS) is 16.8. The molecule has 1 aliphatic rings. The third kappa shape index (κ3) is 6.69. The molecule has 0 radical (unpaired) electrons. The van der Waals surface area contributed by atoms with Crippen LogP contribution in [0.5, 0.6) is 5.75 Å². The highest BCUT2D eigenvalue weighted by Gasteiger charge is 2.15. The maximum absolute atomic E-state index is 11.8. The van der Waals surface area contributed by atoms with E-state index < -0.39 is 0 Å². The molecule has 0 saturated carbocycles. The van der Waals surface area contributed by atoms with E-state index in [4.69, 9.17) is 4.74 Å². The fraction of sp³-hybridized carbons (Fsp3) is 0.529. The number of amides is 2. The Morgan fingerprint density at radius 3 is 3.00 bits per heavy atom. The molecule has 2 rings (SSSR count). The molecule has 0 aromatic heterocycles. The lowest BCUT2D eigenvalue weighted by atomic mass is 10.0. The molecule has 1 aromatic carbocycles. The van der Waals surface area contributed by atoms with Gasteiger partial charge in [-0.05, 0) is 44.0 Å². The molecule has 1 heterocycles. The van der Waals surface area contributed by atoms with Crippen LogP contribution < -0.4 is 20.7 Å². The molecular weight excluding hydrogens is 294 g/mol. The zero-order chi connectivity index (χ0) is 16.5. The number of anilines is 1. The van der Waals surface area contributed by atoms with E-state index in [0.717, 1.165) is 19.5 Å². The number of carbonyl (C=O) groups is 2. The lowest BCUT2D eigenvalue weighted by Gasteiger charge is -2.10. The summed E-state index contributed by atoms with van der Waals surface area (Å²) in [5.74, 6) is 1.26. The van der Waals surface area contributed by atoms with E-state index in [1.807, 2.05) is 12.1 Å². The van der Waals surface area contributed by atoms with Crippen molar-refractivity contribution in [2.75, 3.05) is 31.6 Å². The molecule has 6 nitrogen and oxygen atoms in total. The third-order valence-electron chi connectivity index (χ3n) is 3.79. The van der Waals surface area contributed by atoms with Crippen LogP contribution in [0.1, 0.15) is 26.2 Å². The fourth-order valence-electron chi connectivity index (χ4n) is 2.61. The van der Waals surface area contributed by atoms with Crippen LogP contribution in [0.25, 0.3) is 0 Å². The summed E-state index contributed by atoms with van der Waals surface area (Å²) < 4.78 is 5.58. The van der Waals surface area contributed by atoms with Gasteiger partial charge >= 0.3 is 0 Å². The molecule has 1 unspecified atom stereocenters. The van der Waals surface area contributed by atoms with Crippen molar-refractivity contribution in [1.82, 2.24) is 10.6 Å². The molecule has 3 N–H and O–H groups in total. The first-order valence-corrected chi connectivity index (χ1v) is 8.11. The van der Waals surface area contributed by atoms with Gasteiger partial charge in [0.1, 0.15) is 12.4 Å². The van der Waals surface area contributed by atoms with Crippen LogP contribution in [0.15, 0.2) is 24.3 Å². The van der Waals surface area contributed by atoms with Crippen molar-refractivity contribution >= 4 is 17.5 Å². The maximum Gasteiger partial charge on any atom is 0.221 e. The van der Waals surface area contributed by atoms with Gasteiger partial charge in [0.05, 0.1) is 6.54 Å². The van der Waals surface area contributed by atoms with Gasteiger partial charge in [-0.3, -0.25) is 9.59 Å². The molecule has 1 aromatic rings. The van der Waals surface area contributed by atoms with Gasteiger partial charge in [0.2, 0.25) is 11.8 Å².